The first kappa shape index (κ1) is 11.0. The molecule has 0 aliphatic heterocycles. The van der Waals surface area contributed by atoms with Crippen molar-refractivity contribution in [3.8, 4) is 0 Å². The molecule has 0 fully saturated rings. The highest BCUT2D eigenvalue weighted by Crippen LogP contribution is 2.20. The molecule has 92 valence electrons. The molecule has 0 aliphatic rings. The molecule has 5 nitrogen and oxygen atoms in total. The fourth-order valence-corrected chi connectivity index (χ4v) is 2.56. The fraction of sp³-hybridized carbons (Fsp3) is 0.167. The summed E-state index contributed by atoms with van der Waals surface area (Å²) in [5.74, 6) is 0.461. The Kier molecular flexibility index (Phi) is 2.45. The van der Waals surface area contributed by atoms with Gasteiger partial charge in [0.15, 0.2) is 0 Å². The normalized spacial score (nSPS) is 11.2. The van der Waals surface area contributed by atoms with E-state index in [2.05, 4.69) is 9.97 Å². The Labute approximate surface area is 107 Å². The van der Waals surface area contributed by atoms with Crippen molar-refractivity contribution in [2.75, 3.05) is 5.73 Å². The van der Waals surface area contributed by atoms with Crippen LogP contribution in [-0.4, -0.2) is 14.5 Å². The first-order chi connectivity index (χ1) is 8.63. The number of nitrogens with zero attached hydrogens (tertiary/aromatic N) is 2. The van der Waals surface area contributed by atoms with Crippen LogP contribution >= 0.6 is 11.3 Å². The van der Waals surface area contributed by atoms with E-state index in [0.717, 1.165) is 33.6 Å². The van der Waals surface area contributed by atoms with Crippen molar-refractivity contribution in [2.24, 2.45) is 0 Å². The van der Waals surface area contributed by atoms with E-state index >= 15 is 0 Å². The van der Waals surface area contributed by atoms with Crippen LogP contribution in [0.3, 0.4) is 0 Å². The maximum Gasteiger partial charge on any atom is 0.304 e. The monoisotopic (exact) mass is 260 g/mol. The number of rotatable bonds is 2. The maximum atomic E-state index is 11.1. The number of hydrogen-bond acceptors (Lipinski definition) is 4. The number of fused-ring (bicyclic) bond motifs is 1. The lowest BCUT2D eigenvalue weighted by Gasteiger charge is -2.04. The predicted octanol–water partition coefficient (Wildman–Crippen LogP) is 1.73. The molecular formula is C12H12N4OS. The van der Waals surface area contributed by atoms with E-state index in [4.69, 9.17) is 5.73 Å². The molecule has 0 amide bonds. The summed E-state index contributed by atoms with van der Waals surface area (Å²) in [6.45, 7) is 2.55. The molecule has 1 aromatic carbocycles. The van der Waals surface area contributed by atoms with Crippen LogP contribution in [0.25, 0.3) is 11.0 Å². The summed E-state index contributed by atoms with van der Waals surface area (Å²) in [5, 5.41) is 1.81. The van der Waals surface area contributed by atoms with Gasteiger partial charge in [-0.1, -0.05) is 17.4 Å². The molecule has 0 spiro atoms. The summed E-state index contributed by atoms with van der Waals surface area (Å²) in [7, 11) is 0. The molecular weight excluding hydrogens is 248 g/mol. The van der Waals surface area contributed by atoms with Gasteiger partial charge in [-0.3, -0.25) is 4.79 Å². The third kappa shape index (κ3) is 1.80. The number of anilines is 1. The average Bonchev–Trinajstić information content (AvgIpc) is 2.84. The Morgan fingerprint density at radius 1 is 1.50 bits per heavy atom. The van der Waals surface area contributed by atoms with Gasteiger partial charge >= 0.3 is 4.87 Å². The van der Waals surface area contributed by atoms with E-state index in [1.165, 1.54) is 0 Å². The molecule has 0 atom stereocenters. The van der Waals surface area contributed by atoms with Crippen LogP contribution < -0.4 is 10.6 Å². The minimum Gasteiger partial charge on any atom is -0.369 e. The molecule has 0 bridgehead atoms. The number of H-pyrrole nitrogens is 1. The average molecular weight is 260 g/mol. The number of hydrogen-bond donors (Lipinski definition) is 2. The molecule has 6 heteroatoms. The van der Waals surface area contributed by atoms with Crippen LogP contribution in [0.2, 0.25) is 0 Å². The Morgan fingerprint density at radius 2 is 2.33 bits per heavy atom. The number of nitrogen functional groups attached to an aromatic ring is 1. The van der Waals surface area contributed by atoms with Gasteiger partial charge in [-0.15, -0.1) is 0 Å². The van der Waals surface area contributed by atoms with E-state index in [1.807, 2.05) is 35.1 Å². The van der Waals surface area contributed by atoms with Crippen molar-refractivity contribution >= 4 is 28.3 Å². The predicted molar refractivity (Wildman–Crippen MR) is 72.9 cm³/mol. The second-order valence-corrected chi connectivity index (χ2v) is 5.06. The third-order valence-corrected chi connectivity index (χ3v) is 3.55. The van der Waals surface area contributed by atoms with E-state index in [0.29, 0.717) is 12.5 Å². The van der Waals surface area contributed by atoms with E-state index in [-0.39, 0.29) is 4.87 Å². The number of aromatic amines is 1. The van der Waals surface area contributed by atoms with Gasteiger partial charge in [-0.2, -0.15) is 0 Å². The Hall–Kier alpha value is -2.08. The fourth-order valence-electron chi connectivity index (χ4n) is 1.99. The van der Waals surface area contributed by atoms with Crippen molar-refractivity contribution in [1.82, 2.24) is 14.5 Å². The smallest absolute Gasteiger partial charge is 0.304 e. The van der Waals surface area contributed by atoms with E-state index in [1.54, 1.807) is 0 Å². The number of thiazole rings is 1. The second-order valence-electron chi connectivity index (χ2n) is 4.22. The van der Waals surface area contributed by atoms with Gasteiger partial charge in [-0.05, 0) is 24.6 Å². The summed E-state index contributed by atoms with van der Waals surface area (Å²) in [6.07, 6.45) is 0. The van der Waals surface area contributed by atoms with Crippen LogP contribution in [0.15, 0.2) is 28.4 Å². The van der Waals surface area contributed by atoms with Gasteiger partial charge in [0.1, 0.15) is 0 Å². The SMILES string of the molecule is Cc1ccc2c(c1)nc(N)n2Cc1csc(=O)[nH]1. The third-order valence-electron chi connectivity index (χ3n) is 2.83. The number of nitrogens with one attached hydrogen (secondary N) is 1. The van der Waals surface area contributed by atoms with Crippen LogP contribution in [0, 0.1) is 6.92 Å². The molecule has 0 radical (unpaired) electrons. The minimum atomic E-state index is -0.0520. The van der Waals surface area contributed by atoms with Gasteiger partial charge in [-0.25, -0.2) is 4.98 Å². The molecule has 0 aliphatic carbocycles. The number of aromatic nitrogens is 3. The quantitative estimate of drug-likeness (QED) is 0.736. The van der Waals surface area contributed by atoms with Crippen LogP contribution in [-0.2, 0) is 6.54 Å². The Morgan fingerprint density at radius 3 is 3.06 bits per heavy atom. The molecule has 3 N–H and O–H groups in total. The molecule has 3 aromatic rings. The van der Waals surface area contributed by atoms with E-state index in [9.17, 15) is 4.79 Å². The van der Waals surface area contributed by atoms with Gasteiger partial charge in [0, 0.05) is 11.1 Å². The molecule has 3 rings (SSSR count). The van der Waals surface area contributed by atoms with Crippen molar-refractivity contribution in [1.29, 1.82) is 0 Å². The summed E-state index contributed by atoms with van der Waals surface area (Å²) in [5.41, 5.74) is 9.77. The Balaban J connectivity index is 2.11. The largest absolute Gasteiger partial charge is 0.369 e. The zero-order valence-corrected chi connectivity index (χ0v) is 10.6. The van der Waals surface area contributed by atoms with Crippen molar-refractivity contribution in [3.05, 3.63) is 44.5 Å². The first-order valence-corrected chi connectivity index (χ1v) is 6.40. The van der Waals surface area contributed by atoms with Crippen molar-refractivity contribution in [2.45, 2.75) is 13.5 Å². The highest BCUT2D eigenvalue weighted by molar-refractivity contribution is 7.07. The summed E-state index contributed by atoms with van der Waals surface area (Å²) >= 11 is 1.15. The van der Waals surface area contributed by atoms with Crippen LogP contribution in [0.4, 0.5) is 5.95 Å². The molecule has 0 saturated heterocycles. The summed E-state index contributed by atoms with van der Waals surface area (Å²) < 4.78 is 1.90. The van der Waals surface area contributed by atoms with Gasteiger partial charge in [0.05, 0.1) is 17.6 Å². The molecule has 2 aromatic heterocycles. The summed E-state index contributed by atoms with van der Waals surface area (Å²) in [6, 6.07) is 6.02. The first-order valence-electron chi connectivity index (χ1n) is 5.52. The number of aryl methyl sites for hydroxylation is 1. The minimum absolute atomic E-state index is 0.0520. The maximum absolute atomic E-state index is 11.1. The molecule has 18 heavy (non-hydrogen) atoms. The number of imidazole rings is 1. The summed E-state index contributed by atoms with van der Waals surface area (Å²) in [4.78, 5) is 18.2. The van der Waals surface area contributed by atoms with Gasteiger partial charge in [0.2, 0.25) is 5.95 Å². The number of nitrogens with two attached hydrogens (primary N) is 1. The second kappa shape index (κ2) is 3.99. The van der Waals surface area contributed by atoms with Gasteiger partial charge < -0.3 is 15.3 Å². The van der Waals surface area contributed by atoms with E-state index < -0.39 is 0 Å². The lowest BCUT2D eigenvalue weighted by atomic mass is 10.2. The highest BCUT2D eigenvalue weighted by atomic mass is 32.1. The Bertz CT molecular complexity index is 768. The topological polar surface area (TPSA) is 76.7 Å². The van der Waals surface area contributed by atoms with Crippen molar-refractivity contribution < 1.29 is 0 Å². The number of benzene rings is 1. The van der Waals surface area contributed by atoms with Crippen LogP contribution in [0.1, 0.15) is 11.3 Å². The lowest BCUT2D eigenvalue weighted by Crippen LogP contribution is -2.06. The molecule has 0 unspecified atom stereocenters. The van der Waals surface area contributed by atoms with Gasteiger partial charge in [0.25, 0.3) is 0 Å². The zero-order chi connectivity index (χ0) is 12.7. The standard InChI is InChI=1S/C12H12N4OS/c1-7-2-3-10-9(4-7)15-11(13)16(10)5-8-6-18-12(17)14-8/h2-4,6H,5H2,1H3,(H2,13,15)(H,14,17). The molecule has 0 saturated carbocycles. The lowest BCUT2D eigenvalue weighted by molar-refractivity contribution is 0.814. The molecule has 2 heterocycles. The van der Waals surface area contributed by atoms with Crippen LogP contribution in [0.5, 0.6) is 0 Å². The highest BCUT2D eigenvalue weighted by Gasteiger charge is 2.09. The zero-order valence-electron chi connectivity index (χ0n) is 9.80. The van der Waals surface area contributed by atoms with Crippen molar-refractivity contribution in [3.63, 3.8) is 0 Å².